The molecule has 5 heteroatoms. The predicted molar refractivity (Wildman–Crippen MR) is 110 cm³/mol. The van der Waals surface area contributed by atoms with Crippen LogP contribution in [-0.4, -0.2) is 18.4 Å². The van der Waals surface area contributed by atoms with Crippen LogP contribution in [0.4, 0.5) is 11.4 Å². The van der Waals surface area contributed by atoms with Gasteiger partial charge in [0.2, 0.25) is 0 Å². The van der Waals surface area contributed by atoms with Crippen molar-refractivity contribution in [1.29, 1.82) is 0 Å². The highest BCUT2D eigenvalue weighted by atomic mass is 32.1. The molecule has 0 unspecified atom stereocenters. The zero-order chi connectivity index (χ0) is 18.8. The lowest BCUT2D eigenvalue weighted by molar-refractivity contribution is 0.0987. The van der Waals surface area contributed by atoms with Crippen LogP contribution >= 0.6 is 11.3 Å². The number of fused-ring (bicyclic) bond motifs is 1. The molecule has 2 amide bonds. The van der Waals surface area contributed by atoms with Crippen molar-refractivity contribution in [3.05, 3.63) is 81.5 Å². The van der Waals surface area contributed by atoms with Crippen molar-refractivity contribution in [3.8, 4) is 0 Å². The van der Waals surface area contributed by atoms with E-state index in [0.29, 0.717) is 17.8 Å². The van der Waals surface area contributed by atoms with Gasteiger partial charge >= 0.3 is 0 Å². The molecule has 27 heavy (non-hydrogen) atoms. The summed E-state index contributed by atoms with van der Waals surface area (Å²) in [6, 6.07) is 17.0. The number of thiophene rings is 1. The number of carbonyl (C=O) groups is 2. The monoisotopic (exact) mass is 376 g/mol. The molecule has 0 fully saturated rings. The van der Waals surface area contributed by atoms with E-state index in [1.807, 2.05) is 71.8 Å². The maximum atomic E-state index is 12.9. The normalized spacial score (nSPS) is 13.1. The van der Waals surface area contributed by atoms with Gasteiger partial charge in [-0.3, -0.25) is 9.59 Å². The van der Waals surface area contributed by atoms with Crippen molar-refractivity contribution >= 4 is 34.5 Å². The van der Waals surface area contributed by atoms with Crippen LogP contribution < -0.4 is 10.2 Å². The number of hydrogen-bond acceptors (Lipinski definition) is 3. The molecule has 3 aromatic rings. The van der Waals surface area contributed by atoms with Crippen molar-refractivity contribution in [3.63, 3.8) is 0 Å². The maximum Gasteiger partial charge on any atom is 0.268 e. The number of nitrogens with one attached hydrogen (secondary N) is 1. The maximum absolute atomic E-state index is 12.9. The van der Waals surface area contributed by atoms with E-state index in [9.17, 15) is 9.59 Å². The van der Waals surface area contributed by atoms with Crippen LogP contribution in [0.2, 0.25) is 0 Å². The largest absolute Gasteiger partial charge is 0.322 e. The van der Waals surface area contributed by atoms with Gasteiger partial charge in [0.15, 0.2) is 0 Å². The summed E-state index contributed by atoms with van der Waals surface area (Å²) in [5, 5.41) is 4.86. The number of amides is 2. The summed E-state index contributed by atoms with van der Waals surface area (Å²) in [5.41, 5.74) is 4.46. The van der Waals surface area contributed by atoms with E-state index in [1.54, 1.807) is 0 Å². The first-order valence-corrected chi connectivity index (χ1v) is 9.86. The van der Waals surface area contributed by atoms with Gasteiger partial charge in [-0.05, 0) is 61.0 Å². The average Bonchev–Trinajstić information content (AvgIpc) is 3.22. The number of anilines is 2. The Bertz CT molecular complexity index is 978. The van der Waals surface area contributed by atoms with Crippen LogP contribution in [0.5, 0.6) is 0 Å². The van der Waals surface area contributed by atoms with E-state index in [4.69, 9.17) is 0 Å². The first-order valence-electron chi connectivity index (χ1n) is 8.98. The second kappa shape index (κ2) is 7.37. The van der Waals surface area contributed by atoms with Gasteiger partial charge in [-0.2, -0.15) is 0 Å². The highest BCUT2D eigenvalue weighted by Gasteiger charge is 2.24. The number of hydrogen-bond donors (Lipinski definition) is 1. The highest BCUT2D eigenvalue weighted by Crippen LogP contribution is 2.32. The number of carbonyl (C=O) groups excluding carboxylic acids is 2. The van der Waals surface area contributed by atoms with Crippen LogP contribution in [0.15, 0.2) is 60.0 Å². The number of benzene rings is 2. The van der Waals surface area contributed by atoms with Crippen LogP contribution in [0.25, 0.3) is 0 Å². The summed E-state index contributed by atoms with van der Waals surface area (Å²) in [6.45, 7) is 2.68. The minimum Gasteiger partial charge on any atom is -0.322 e. The Morgan fingerprint density at radius 1 is 1.07 bits per heavy atom. The second-order valence-corrected chi connectivity index (χ2v) is 7.65. The van der Waals surface area contributed by atoms with E-state index >= 15 is 0 Å². The smallest absolute Gasteiger partial charge is 0.268 e. The average molecular weight is 376 g/mol. The van der Waals surface area contributed by atoms with Gasteiger partial charge in [0.05, 0.1) is 4.88 Å². The van der Waals surface area contributed by atoms with E-state index in [0.717, 1.165) is 34.5 Å². The topological polar surface area (TPSA) is 49.4 Å². The molecule has 0 aliphatic carbocycles. The molecule has 1 aliphatic heterocycles. The van der Waals surface area contributed by atoms with Crippen LogP contribution in [0.3, 0.4) is 0 Å². The molecule has 1 aliphatic rings. The molecule has 0 radical (unpaired) electrons. The lowest BCUT2D eigenvalue weighted by Crippen LogP contribution is -2.35. The Labute approximate surface area is 162 Å². The van der Waals surface area contributed by atoms with Crippen molar-refractivity contribution in [2.75, 3.05) is 16.8 Å². The van der Waals surface area contributed by atoms with Crippen LogP contribution in [-0.2, 0) is 6.42 Å². The Hall–Kier alpha value is -2.92. The molecule has 4 rings (SSSR count). The Morgan fingerprint density at radius 2 is 1.89 bits per heavy atom. The third kappa shape index (κ3) is 3.64. The Morgan fingerprint density at radius 3 is 2.63 bits per heavy atom. The third-order valence-corrected chi connectivity index (χ3v) is 5.61. The van der Waals surface area contributed by atoms with Gasteiger partial charge < -0.3 is 10.2 Å². The Balaban J connectivity index is 1.60. The van der Waals surface area contributed by atoms with Crippen LogP contribution in [0, 0.1) is 6.92 Å². The number of rotatable bonds is 3. The molecule has 0 saturated carbocycles. The lowest BCUT2D eigenvalue weighted by Gasteiger charge is -2.29. The van der Waals surface area contributed by atoms with E-state index in [-0.39, 0.29) is 11.8 Å². The molecule has 1 aromatic heterocycles. The van der Waals surface area contributed by atoms with E-state index in [2.05, 4.69) is 5.32 Å². The van der Waals surface area contributed by atoms with Gasteiger partial charge in [0.1, 0.15) is 0 Å². The summed E-state index contributed by atoms with van der Waals surface area (Å²) in [5.74, 6) is -0.130. The summed E-state index contributed by atoms with van der Waals surface area (Å²) >= 11 is 1.45. The van der Waals surface area contributed by atoms with Crippen molar-refractivity contribution < 1.29 is 9.59 Å². The summed E-state index contributed by atoms with van der Waals surface area (Å²) < 4.78 is 0. The molecule has 4 nitrogen and oxygen atoms in total. The molecule has 2 heterocycles. The molecule has 0 spiro atoms. The highest BCUT2D eigenvalue weighted by molar-refractivity contribution is 7.12. The van der Waals surface area contributed by atoms with E-state index in [1.165, 1.54) is 11.3 Å². The van der Waals surface area contributed by atoms with Gasteiger partial charge in [-0.25, -0.2) is 0 Å². The number of aryl methyl sites for hydroxylation is 2. The minimum atomic E-state index is -0.151. The van der Waals surface area contributed by atoms with Crippen molar-refractivity contribution in [1.82, 2.24) is 0 Å². The molecule has 0 atom stereocenters. The molecule has 2 aromatic carbocycles. The standard InChI is InChI=1S/C22H20N2O2S/c1-15-6-8-17(9-7-15)21(25)23-18-11-10-16-4-2-12-24(19(16)14-18)22(26)20-5-3-13-27-20/h3,5-11,13-14H,2,4,12H2,1H3,(H,23,25). The Kier molecular flexibility index (Phi) is 4.77. The fourth-order valence-corrected chi connectivity index (χ4v) is 3.98. The molecular weight excluding hydrogens is 356 g/mol. The van der Waals surface area contributed by atoms with Gasteiger partial charge in [0.25, 0.3) is 11.8 Å². The fraction of sp³-hybridized carbons (Fsp3) is 0.182. The molecule has 0 bridgehead atoms. The summed E-state index contributed by atoms with van der Waals surface area (Å²) in [6.07, 6.45) is 1.88. The van der Waals surface area contributed by atoms with Crippen LogP contribution in [0.1, 0.15) is 37.6 Å². The van der Waals surface area contributed by atoms with Gasteiger partial charge in [0, 0.05) is 23.5 Å². The van der Waals surface area contributed by atoms with E-state index < -0.39 is 0 Å². The second-order valence-electron chi connectivity index (χ2n) is 6.70. The molecular formula is C22H20N2O2S. The lowest BCUT2D eigenvalue weighted by atomic mass is 10.0. The first-order chi connectivity index (χ1) is 13.1. The van der Waals surface area contributed by atoms with Crippen molar-refractivity contribution in [2.24, 2.45) is 0 Å². The van der Waals surface area contributed by atoms with Gasteiger partial charge in [-0.1, -0.05) is 29.8 Å². The van der Waals surface area contributed by atoms with Crippen molar-refractivity contribution in [2.45, 2.75) is 19.8 Å². The zero-order valence-corrected chi connectivity index (χ0v) is 15.9. The number of nitrogens with zero attached hydrogens (tertiary/aromatic N) is 1. The molecule has 136 valence electrons. The third-order valence-electron chi connectivity index (χ3n) is 4.75. The molecule has 0 saturated heterocycles. The fourth-order valence-electron chi connectivity index (χ4n) is 3.30. The quantitative estimate of drug-likeness (QED) is 0.707. The van der Waals surface area contributed by atoms with Gasteiger partial charge in [-0.15, -0.1) is 11.3 Å². The predicted octanol–water partition coefficient (Wildman–Crippen LogP) is 4.90. The SMILES string of the molecule is Cc1ccc(C(=O)Nc2ccc3c(c2)N(C(=O)c2cccs2)CCC3)cc1. The first kappa shape index (κ1) is 17.5. The molecule has 1 N–H and O–H groups in total. The summed E-state index contributed by atoms with van der Waals surface area (Å²) in [7, 11) is 0. The minimum absolute atomic E-state index is 0.0213. The zero-order valence-electron chi connectivity index (χ0n) is 15.1. The summed E-state index contributed by atoms with van der Waals surface area (Å²) in [4.78, 5) is 27.9.